The number of rotatable bonds is 4. The smallest absolute Gasteiger partial charge is 0.382 e. The minimum absolute atomic E-state index is 0.399. The van der Waals surface area contributed by atoms with E-state index in [1.54, 1.807) is 0 Å². The van der Waals surface area contributed by atoms with Crippen molar-refractivity contribution in [3.63, 3.8) is 0 Å². The van der Waals surface area contributed by atoms with Crippen LogP contribution in [0.25, 0.3) is 0 Å². The van der Waals surface area contributed by atoms with Gasteiger partial charge in [-0.25, -0.2) is 0 Å². The molecule has 2 unspecified atom stereocenters. The summed E-state index contributed by atoms with van der Waals surface area (Å²) >= 11 is 0. The molecule has 1 saturated heterocycles. The van der Waals surface area contributed by atoms with Crippen LogP contribution >= 0.6 is 0 Å². The average molecular weight is 226 g/mol. The number of likely N-dealkylation sites (tertiary alicyclic amines) is 1. The van der Waals surface area contributed by atoms with E-state index < -0.39 is 18.8 Å². The second-order valence-electron chi connectivity index (χ2n) is 4.13. The van der Waals surface area contributed by atoms with Crippen LogP contribution in [0.5, 0.6) is 0 Å². The van der Waals surface area contributed by atoms with Crippen molar-refractivity contribution < 1.29 is 18.3 Å². The van der Waals surface area contributed by atoms with Gasteiger partial charge >= 0.3 is 6.18 Å². The Morgan fingerprint density at radius 1 is 1.53 bits per heavy atom. The number of aliphatic hydroxyl groups excluding tert-OH is 1. The lowest BCUT2D eigenvalue weighted by Gasteiger charge is -2.17. The topological polar surface area (TPSA) is 35.5 Å². The molecule has 0 aromatic heterocycles. The Kier molecular flexibility index (Phi) is 4.36. The van der Waals surface area contributed by atoms with Crippen molar-refractivity contribution in [3.05, 3.63) is 0 Å². The van der Waals surface area contributed by atoms with E-state index in [9.17, 15) is 13.2 Å². The molecule has 0 radical (unpaired) electrons. The first-order valence-electron chi connectivity index (χ1n) is 5.03. The zero-order valence-electron chi connectivity index (χ0n) is 8.72. The summed E-state index contributed by atoms with van der Waals surface area (Å²) in [6.45, 7) is 2.03. The van der Waals surface area contributed by atoms with Crippen LogP contribution in [0.1, 0.15) is 6.42 Å². The number of nitrogens with one attached hydrogen (secondary N) is 1. The molecular formula is C9H17F3N2O. The number of aliphatic hydroxyl groups is 1. The summed E-state index contributed by atoms with van der Waals surface area (Å²) < 4.78 is 35.7. The molecule has 0 saturated carbocycles. The Hall–Kier alpha value is -0.330. The summed E-state index contributed by atoms with van der Waals surface area (Å²) in [4.78, 5) is 2.15. The third-order valence-electron chi connectivity index (χ3n) is 2.64. The van der Waals surface area contributed by atoms with Crippen LogP contribution in [-0.4, -0.2) is 55.5 Å². The molecule has 15 heavy (non-hydrogen) atoms. The van der Waals surface area contributed by atoms with E-state index in [4.69, 9.17) is 5.11 Å². The van der Waals surface area contributed by atoms with Gasteiger partial charge in [-0.3, -0.25) is 0 Å². The van der Waals surface area contributed by atoms with Crippen LogP contribution in [0.15, 0.2) is 0 Å². The van der Waals surface area contributed by atoms with Gasteiger partial charge in [0, 0.05) is 13.1 Å². The molecule has 1 heterocycles. The van der Waals surface area contributed by atoms with Crippen LogP contribution in [0.2, 0.25) is 0 Å². The van der Waals surface area contributed by atoms with Crippen molar-refractivity contribution in [2.45, 2.75) is 18.7 Å². The highest BCUT2D eigenvalue weighted by Gasteiger charge is 2.37. The van der Waals surface area contributed by atoms with E-state index in [0.717, 1.165) is 19.5 Å². The Bertz CT molecular complexity index is 198. The van der Waals surface area contributed by atoms with Crippen molar-refractivity contribution in [3.8, 4) is 0 Å². The molecule has 0 aliphatic carbocycles. The van der Waals surface area contributed by atoms with Gasteiger partial charge in [-0.15, -0.1) is 0 Å². The molecule has 0 spiro atoms. The van der Waals surface area contributed by atoms with Crippen LogP contribution in [-0.2, 0) is 0 Å². The van der Waals surface area contributed by atoms with Gasteiger partial charge in [0.15, 0.2) is 6.10 Å². The monoisotopic (exact) mass is 226 g/mol. The van der Waals surface area contributed by atoms with Gasteiger partial charge in [-0.2, -0.15) is 13.2 Å². The summed E-state index contributed by atoms with van der Waals surface area (Å²) in [5, 5.41) is 11.4. The van der Waals surface area contributed by atoms with Crippen molar-refractivity contribution >= 4 is 0 Å². The molecule has 1 rings (SSSR count). The van der Waals surface area contributed by atoms with E-state index >= 15 is 0 Å². The maximum absolute atomic E-state index is 11.9. The summed E-state index contributed by atoms with van der Waals surface area (Å²) in [5.41, 5.74) is 0. The van der Waals surface area contributed by atoms with Gasteiger partial charge in [0.1, 0.15) is 0 Å². The molecular weight excluding hydrogens is 209 g/mol. The molecule has 90 valence electrons. The van der Waals surface area contributed by atoms with E-state index in [-0.39, 0.29) is 0 Å². The van der Waals surface area contributed by atoms with Crippen LogP contribution in [0.4, 0.5) is 13.2 Å². The molecule has 0 aromatic carbocycles. The molecule has 0 amide bonds. The second-order valence-corrected chi connectivity index (χ2v) is 4.13. The van der Waals surface area contributed by atoms with Crippen LogP contribution < -0.4 is 5.32 Å². The molecule has 2 atom stereocenters. The number of alkyl halides is 3. The molecule has 1 aliphatic heterocycles. The molecule has 0 bridgehead atoms. The van der Waals surface area contributed by atoms with E-state index in [0.29, 0.717) is 12.5 Å². The van der Waals surface area contributed by atoms with Crippen LogP contribution in [0.3, 0.4) is 0 Å². The fourth-order valence-corrected chi connectivity index (χ4v) is 1.73. The van der Waals surface area contributed by atoms with Gasteiger partial charge in [0.05, 0.1) is 0 Å². The summed E-state index contributed by atoms with van der Waals surface area (Å²) in [6, 6.07) is 0. The van der Waals surface area contributed by atoms with Crippen molar-refractivity contribution in [1.82, 2.24) is 10.2 Å². The minimum Gasteiger partial charge on any atom is -0.382 e. The molecule has 1 aliphatic rings. The number of nitrogens with zero attached hydrogens (tertiary/aromatic N) is 1. The first-order chi connectivity index (χ1) is 6.89. The van der Waals surface area contributed by atoms with Crippen molar-refractivity contribution in [1.29, 1.82) is 0 Å². The Labute approximate surface area is 87.3 Å². The predicted molar refractivity (Wildman–Crippen MR) is 50.5 cm³/mol. The van der Waals surface area contributed by atoms with Crippen LogP contribution in [0, 0.1) is 5.92 Å². The van der Waals surface area contributed by atoms with E-state index in [1.807, 2.05) is 7.05 Å². The Balaban J connectivity index is 2.11. The fraction of sp³-hybridized carbons (Fsp3) is 1.00. The first kappa shape index (κ1) is 12.7. The van der Waals surface area contributed by atoms with Gasteiger partial charge < -0.3 is 15.3 Å². The zero-order valence-corrected chi connectivity index (χ0v) is 8.72. The molecule has 2 N–H and O–H groups in total. The highest BCUT2D eigenvalue weighted by molar-refractivity contribution is 4.76. The molecule has 3 nitrogen and oxygen atoms in total. The quantitative estimate of drug-likeness (QED) is 0.730. The molecule has 1 fully saturated rings. The second kappa shape index (κ2) is 5.14. The van der Waals surface area contributed by atoms with Gasteiger partial charge in [0.25, 0.3) is 0 Å². The van der Waals surface area contributed by atoms with E-state index in [2.05, 4.69) is 10.2 Å². The predicted octanol–water partition coefficient (Wildman–Crippen LogP) is 0.451. The Morgan fingerprint density at radius 2 is 2.20 bits per heavy atom. The lowest BCUT2D eigenvalue weighted by Crippen LogP contribution is -2.40. The maximum Gasteiger partial charge on any atom is 0.415 e. The van der Waals surface area contributed by atoms with Gasteiger partial charge in [0.2, 0.25) is 0 Å². The average Bonchev–Trinajstić information content (AvgIpc) is 2.49. The lowest BCUT2D eigenvalue weighted by atomic mass is 10.1. The lowest BCUT2D eigenvalue weighted by molar-refractivity contribution is -0.201. The van der Waals surface area contributed by atoms with Gasteiger partial charge in [-0.05, 0) is 32.5 Å². The molecule has 0 aromatic rings. The zero-order chi connectivity index (χ0) is 11.5. The maximum atomic E-state index is 11.9. The van der Waals surface area contributed by atoms with E-state index in [1.165, 1.54) is 0 Å². The highest BCUT2D eigenvalue weighted by atomic mass is 19.4. The largest absolute Gasteiger partial charge is 0.415 e. The number of hydrogen-bond donors (Lipinski definition) is 2. The number of halogens is 3. The summed E-state index contributed by atoms with van der Waals surface area (Å²) in [5.74, 6) is 0.399. The molecule has 6 heteroatoms. The fourth-order valence-electron chi connectivity index (χ4n) is 1.73. The third-order valence-corrected chi connectivity index (χ3v) is 2.64. The summed E-state index contributed by atoms with van der Waals surface area (Å²) in [7, 11) is 1.99. The minimum atomic E-state index is -4.51. The third kappa shape index (κ3) is 4.36. The van der Waals surface area contributed by atoms with Gasteiger partial charge in [-0.1, -0.05) is 0 Å². The first-order valence-corrected chi connectivity index (χ1v) is 5.03. The van der Waals surface area contributed by atoms with Crippen molar-refractivity contribution in [2.75, 3.05) is 33.2 Å². The Morgan fingerprint density at radius 3 is 2.67 bits per heavy atom. The number of hydrogen-bond acceptors (Lipinski definition) is 3. The SMILES string of the molecule is CN1CCC(CNCC(O)C(F)(F)F)C1. The normalized spacial score (nSPS) is 25.8. The van der Waals surface area contributed by atoms with Crippen molar-refractivity contribution in [2.24, 2.45) is 5.92 Å². The highest BCUT2D eigenvalue weighted by Crippen LogP contribution is 2.19. The standard InChI is InChI=1S/C9H17F3N2O/c1-14-3-2-7(6-14)4-13-5-8(15)9(10,11)12/h7-8,13,15H,2-6H2,1H3. The summed E-state index contributed by atoms with van der Waals surface area (Å²) in [6.07, 6.45) is -5.76.